The van der Waals surface area contributed by atoms with E-state index in [2.05, 4.69) is 29.7 Å². The molecule has 2 aromatic carbocycles. The maximum Gasteiger partial charge on any atom is 0.340 e. The topological polar surface area (TPSA) is 60.8 Å². The van der Waals surface area contributed by atoms with E-state index in [1.807, 2.05) is 50.2 Å². The van der Waals surface area contributed by atoms with Gasteiger partial charge in [-0.2, -0.15) is 0 Å². The minimum Gasteiger partial charge on any atom is -0.497 e. The van der Waals surface area contributed by atoms with Crippen LogP contribution in [0.4, 0.5) is 0 Å². The first-order valence-corrected chi connectivity index (χ1v) is 11.5. The number of carbonyl (C=O) groups is 2. The largest absolute Gasteiger partial charge is 0.497 e. The number of amides is 1. The van der Waals surface area contributed by atoms with Gasteiger partial charge in [-0.15, -0.1) is 0 Å². The van der Waals surface area contributed by atoms with Gasteiger partial charge in [0.1, 0.15) is 5.75 Å². The van der Waals surface area contributed by atoms with Crippen LogP contribution in [-0.4, -0.2) is 35.6 Å². The highest BCUT2D eigenvalue weighted by Crippen LogP contribution is 2.34. The van der Waals surface area contributed by atoms with Gasteiger partial charge in [0.25, 0.3) is 5.91 Å². The Morgan fingerprint density at radius 3 is 2.31 bits per heavy atom. The Morgan fingerprint density at radius 2 is 1.69 bits per heavy atom. The van der Waals surface area contributed by atoms with Crippen LogP contribution in [0.5, 0.6) is 5.75 Å². The predicted molar refractivity (Wildman–Crippen MR) is 136 cm³/mol. The number of hydrogen-bond donors (Lipinski definition) is 0. The Bertz CT molecular complexity index is 1360. The van der Waals surface area contributed by atoms with E-state index >= 15 is 0 Å². The number of rotatable bonds is 6. The van der Waals surface area contributed by atoms with Crippen molar-refractivity contribution in [3.63, 3.8) is 0 Å². The molecule has 0 saturated heterocycles. The van der Waals surface area contributed by atoms with E-state index in [1.54, 1.807) is 25.0 Å². The van der Waals surface area contributed by atoms with Gasteiger partial charge in [0.15, 0.2) is 0 Å². The molecule has 0 spiro atoms. The van der Waals surface area contributed by atoms with Gasteiger partial charge in [-0.05, 0) is 80.8 Å². The summed E-state index contributed by atoms with van der Waals surface area (Å²) in [7, 11) is 2.95. The van der Waals surface area contributed by atoms with Crippen molar-refractivity contribution in [2.75, 3.05) is 14.2 Å². The van der Waals surface area contributed by atoms with Crippen molar-refractivity contribution < 1.29 is 19.1 Å². The summed E-state index contributed by atoms with van der Waals surface area (Å²) in [5.41, 5.74) is 7.29. The highest BCUT2D eigenvalue weighted by Gasteiger charge is 2.37. The summed E-state index contributed by atoms with van der Waals surface area (Å²) < 4.78 is 12.4. The van der Waals surface area contributed by atoms with Crippen LogP contribution in [-0.2, 0) is 20.9 Å². The van der Waals surface area contributed by atoms with Crippen molar-refractivity contribution in [3.05, 3.63) is 99.5 Å². The van der Waals surface area contributed by atoms with Gasteiger partial charge in [-0.3, -0.25) is 4.79 Å². The normalized spacial score (nSPS) is 14.7. The number of nitrogens with zero attached hydrogens (tertiary/aromatic N) is 2. The summed E-state index contributed by atoms with van der Waals surface area (Å²) in [4.78, 5) is 27.9. The third kappa shape index (κ3) is 4.52. The van der Waals surface area contributed by atoms with E-state index in [0.717, 1.165) is 34.0 Å². The molecule has 0 aliphatic carbocycles. The lowest BCUT2D eigenvalue weighted by Gasteiger charge is -2.18. The van der Waals surface area contributed by atoms with Crippen LogP contribution in [0, 0.1) is 20.8 Å². The first-order valence-electron chi connectivity index (χ1n) is 11.5. The van der Waals surface area contributed by atoms with Gasteiger partial charge in [-0.25, -0.2) is 4.79 Å². The molecule has 35 heavy (non-hydrogen) atoms. The minimum atomic E-state index is -0.521. The quantitative estimate of drug-likeness (QED) is 0.363. The fraction of sp³-hybridized carbons (Fsp3) is 0.241. The molecule has 3 aromatic rings. The van der Waals surface area contributed by atoms with Gasteiger partial charge >= 0.3 is 5.97 Å². The maximum absolute atomic E-state index is 13.6. The second-order valence-electron chi connectivity index (χ2n) is 8.75. The number of hydrogen-bond acceptors (Lipinski definition) is 4. The lowest BCUT2D eigenvalue weighted by Crippen LogP contribution is -2.24. The first kappa shape index (κ1) is 24.1. The molecule has 0 fully saturated rings. The molecule has 0 bridgehead atoms. The van der Waals surface area contributed by atoms with Gasteiger partial charge in [0, 0.05) is 22.8 Å². The zero-order valence-corrected chi connectivity index (χ0v) is 21.0. The molecular formula is C29H30N2O4. The average molecular weight is 471 g/mol. The maximum atomic E-state index is 13.6. The second kappa shape index (κ2) is 9.66. The fourth-order valence-electron chi connectivity index (χ4n) is 4.59. The molecule has 1 amide bonds. The summed E-state index contributed by atoms with van der Waals surface area (Å²) in [6.45, 7) is 8.24. The molecule has 180 valence electrons. The Balaban J connectivity index is 1.75. The van der Waals surface area contributed by atoms with Crippen LogP contribution in [0.15, 0.2) is 71.4 Å². The molecule has 0 radical (unpaired) electrons. The zero-order valence-electron chi connectivity index (χ0n) is 21.0. The number of ether oxygens (including phenoxy) is 2. The number of esters is 1. The van der Waals surface area contributed by atoms with Gasteiger partial charge in [-0.1, -0.05) is 24.3 Å². The molecule has 1 aliphatic heterocycles. The third-order valence-corrected chi connectivity index (χ3v) is 6.43. The van der Waals surface area contributed by atoms with E-state index in [-0.39, 0.29) is 5.91 Å². The van der Waals surface area contributed by atoms with Crippen LogP contribution in [0.1, 0.15) is 35.0 Å². The summed E-state index contributed by atoms with van der Waals surface area (Å²) in [6.07, 6.45) is 1.81. The molecule has 4 rings (SSSR count). The lowest BCUT2D eigenvalue weighted by atomic mass is 10.0. The highest BCUT2D eigenvalue weighted by molar-refractivity contribution is 6.16. The summed E-state index contributed by atoms with van der Waals surface area (Å²) in [6, 6.07) is 17.8. The number of carbonyl (C=O) groups excluding carboxylic acids is 2. The van der Waals surface area contributed by atoms with Crippen molar-refractivity contribution in [1.82, 2.24) is 9.47 Å². The van der Waals surface area contributed by atoms with Crippen LogP contribution in [0.2, 0.25) is 0 Å². The highest BCUT2D eigenvalue weighted by atomic mass is 16.5. The van der Waals surface area contributed by atoms with Crippen molar-refractivity contribution in [2.24, 2.45) is 0 Å². The Hall–Kier alpha value is -4.06. The molecule has 1 aliphatic rings. The van der Waals surface area contributed by atoms with E-state index in [0.29, 0.717) is 23.4 Å². The van der Waals surface area contributed by atoms with Crippen molar-refractivity contribution >= 4 is 18.0 Å². The van der Waals surface area contributed by atoms with Crippen LogP contribution in [0.25, 0.3) is 11.8 Å². The number of aromatic nitrogens is 1. The van der Waals surface area contributed by atoms with Crippen LogP contribution >= 0.6 is 0 Å². The third-order valence-electron chi connectivity index (χ3n) is 6.43. The van der Waals surface area contributed by atoms with Crippen molar-refractivity contribution in [1.29, 1.82) is 0 Å². The Kier molecular flexibility index (Phi) is 6.65. The van der Waals surface area contributed by atoms with E-state index < -0.39 is 5.97 Å². The zero-order chi connectivity index (χ0) is 25.3. The van der Waals surface area contributed by atoms with E-state index in [9.17, 15) is 9.59 Å². The molecule has 0 saturated carbocycles. The minimum absolute atomic E-state index is 0.223. The smallest absolute Gasteiger partial charge is 0.340 e. The Labute approximate surface area is 206 Å². The van der Waals surface area contributed by atoms with E-state index in [4.69, 9.17) is 9.47 Å². The predicted octanol–water partition coefficient (Wildman–Crippen LogP) is 5.28. The molecule has 6 heteroatoms. The summed E-state index contributed by atoms with van der Waals surface area (Å²) >= 11 is 0. The molecule has 2 heterocycles. The average Bonchev–Trinajstić information content (AvgIpc) is 3.25. The van der Waals surface area contributed by atoms with Gasteiger partial charge < -0.3 is 18.9 Å². The summed E-state index contributed by atoms with van der Waals surface area (Å²) in [5.74, 6) is -0.000497. The number of allylic oxidation sites excluding steroid dienone is 1. The molecule has 0 atom stereocenters. The van der Waals surface area contributed by atoms with E-state index in [1.165, 1.54) is 12.7 Å². The number of benzene rings is 2. The molecule has 6 nitrogen and oxygen atoms in total. The lowest BCUT2D eigenvalue weighted by molar-refractivity contribution is -0.136. The first-order chi connectivity index (χ1) is 16.7. The Morgan fingerprint density at radius 1 is 0.971 bits per heavy atom. The molecule has 0 N–H and O–H groups in total. The monoisotopic (exact) mass is 470 g/mol. The SMILES string of the molecule is COC(=O)C1=C(C)N(Cc2ccc(OC)cc2)C(=O)C1=Cc1cc(C)n(-c2cccc(C)c2)c1C. The molecular weight excluding hydrogens is 440 g/mol. The van der Waals surface area contributed by atoms with Crippen LogP contribution < -0.4 is 4.74 Å². The standard InChI is InChI=1S/C29H30N2O4/c1-18-8-7-9-24(14-18)31-19(2)15-23(20(31)3)16-26-27(29(33)35-6)21(4)30(28(26)32)17-22-10-12-25(34-5)13-11-22/h7-16H,17H2,1-6H3. The molecule has 1 aromatic heterocycles. The van der Waals surface area contributed by atoms with Gasteiger partial charge in [0.05, 0.1) is 31.9 Å². The molecule has 0 unspecified atom stereocenters. The number of aryl methyl sites for hydroxylation is 2. The summed E-state index contributed by atoms with van der Waals surface area (Å²) in [5, 5.41) is 0. The van der Waals surface area contributed by atoms with Crippen molar-refractivity contribution in [2.45, 2.75) is 34.2 Å². The van der Waals surface area contributed by atoms with Crippen LogP contribution in [0.3, 0.4) is 0 Å². The van der Waals surface area contributed by atoms with Gasteiger partial charge in [0.2, 0.25) is 0 Å². The number of methoxy groups -OCH3 is 2. The second-order valence-corrected chi connectivity index (χ2v) is 8.75. The van der Waals surface area contributed by atoms with Crippen molar-refractivity contribution in [3.8, 4) is 11.4 Å². The fourth-order valence-corrected chi connectivity index (χ4v) is 4.59.